The molecule has 8 heteroatoms. The van der Waals surface area contributed by atoms with Crippen LogP contribution in [0.3, 0.4) is 0 Å². The smallest absolute Gasteiger partial charge is 0.359 e. The Kier molecular flexibility index (Phi) is 5.36. The maximum absolute atomic E-state index is 13.1. The summed E-state index contributed by atoms with van der Waals surface area (Å²) in [5.74, 6) is -1.08. The Hall–Kier alpha value is -2.61. The number of likely N-dealkylation sites (N-methyl/N-ethyl adjacent to an activating group) is 1. The first-order valence-electron chi connectivity index (χ1n) is 8.58. The lowest BCUT2D eigenvalue weighted by molar-refractivity contribution is -0.880. The molecule has 0 spiro atoms. The summed E-state index contributed by atoms with van der Waals surface area (Å²) in [4.78, 5) is 15.7. The molecular formula is C19H20F4N3O+. The molecule has 0 atom stereocenters. The van der Waals surface area contributed by atoms with Gasteiger partial charge in [0.15, 0.2) is 0 Å². The summed E-state index contributed by atoms with van der Waals surface area (Å²) in [6.07, 6.45) is -4.51. The quantitative estimate of drug-likeness (QED) is 0.801. The fraction of sp³-hybridized carbons (Fsp3) is 0.316. The molecule has 2 N–H and O–H groups in total. The van der Waals surface area contributed by atoms with E-state index in [0.717, 1.165) is 37.4 Å². The van der Waals surface area contributed by atoms with Crippen molar-refractivity contribution >= 4 is 17.3 Å². The molecule has 27 heavy (non-hydrogen) atoms. The molecule has 0 bridgehead atoms. The third-order valence-corrected chi connectivity index (χ3v) is 4.64. The fourth-order valence-electron chi connectivity index (χ4n) is 3.01. The number of hydrogen-bond acceptors (Lipinski definition) is 2. The molecule has 1 heterocycles. The van der Waals surface area contributed by atoms with Crippen molar-refractivity contribution in [1.82, 2.24) is 0 Å². The lowest BCUT2D eigenvalue weighted by atomic mass is 10.1. The van der Waals surface area contributed by atoms with E-state index in [2.05, 4.69) is 12.4 Å². The Morgan fingerprint density at radius 2 is 1.70 bits per heavy atom. The van der Waals surface area contributed by atoms with E-state index in [1.54, 1.807) is 0 Å². The number of carbonyl (C=O) groups excluding carboxylic acids is 1. The normalized spacial score (nSPS) is 15.7. The van der Waals surface area contributed by atoms with Gasteiger partial charge in [0.1, 0.15) is 5.82 Å². The Morgan fingerprint density at radius 1 is 1.07 bits per heavy atom. The summed E-state index contributed by atoms with van der Waals surface area (Å²) in [6, 6.07) is 8.20. The zero-order valence-corrected chi connectivity index (χ0v) is 14.7. The number of nitrogens with one attached hydrogen (secondary N) is 2. The fourth-order valence-corrected chi connectivity index (χ4v) is 3.01. The number of benzene rings is 2. The predicted molar refractivity (Wildman–Crippen MR) is 94.6 cm³/mol. The van der Waals surface area contributed by atoms with E-state index in [1.165, 1.54) is 23.1 Å². The average molecular weight is 382 g/mol. The minimum Gasteiger partial charge on any atom is -0.359 e. The van der Waals surface area contributed by atoms with E-state index in [4.69, 9.17) is 0 Å². The molecule has 0 radical (unpaired) electrons. The molecule has 2 aromatic rings. The molecule has 0 unspecified atom stereocenters. The van der Waals surface area contributed by atoms with Crippen molar-refractivity contribution < 1.29 is 27.3 Å². The van der Waals surface area contributed by atoms with Crippen molar-refractivity contribution in [3.8, 4) is 0 Å². The zero-order chi connectivity index (χ0) is 19.6. The molecule has 1 amide bonds. The summed E-state index contributed by atoms with van der Waals surface area (Å²) in [5, 5.41) is 2.56. The van der Waals surface area contributed by atoms with Gasteiger partial charge in [-0.05, 0) is 42.5 Å². The monoisotopic (exact) mass is 382 g/mol. The van der Waals surface area contributed by atoms with Crippen LogP contribution >= 0.6 is 0 Å². The molecule has 0 aromatic heterocycles. The van der Waals surface area contributed by atoms with Gasteiger partial charge in [0, 0.05) is 5.56 Å². The third kappa shape index (κ3) is 4.57. The highest BCUT2D eigenvalue weighted by atomic mass is 19.4. The van der Waals surface area contributed by atoms with E-state index < -0.39 is 23.5 Å². The van der Waals surface area contributed by atoms with Crippen LogP contribution < -0.4 is 15.1 Å². The molecule has 4 nitrogen and oxygen atoms in total. The van der Waals surface area contributed by atoms with Crippen LogP contribution in [0.1, 0.15) is 15.9 Å². The summed E-state index contributed by atoms with van der Waals surface area (Å²) in [5.41, 5.74) is -0.0207. The molecule has 1 aliphatic rings. The van der Waals surface area contributed by atoms with Gasteiger partial charge >= 0.3 is 6.18 Å². The van der Waals surface area contributed by atoms with Gasteiger partial charge in [0.05, 0.1) is 50.2 Å². The Labute approximate surface area is 154 Å². The molecular weight excluding hydrogens is 362 g/mol. The predicted octanol–water partition coefficient (Wildman–Crippen LogP) is 2.43. The molecule has 144 valence electrons. The van der Waals surface area contributed by atoms with E-state index in [1.807, 2.05) is 4.90 Å². The Bertz CT molecular complexity index is 813. The van der Waals surface area contributed by atoms with Crippen LogP contribution in [0.5, 0.6) is 0 Å². The number of amides is 1. The van der Waals surface area contributed by atoms with E-state index in [-0.39, 0.29) is 11.3 Å². The number of anilines is 2. The molecule has 1 saturated heterocycles. The Balaban J connectivity index is 1.92. The topological polar surface area (TPSA) is 36.8 Å². The van der Waals surface area contributed by atoms with Gasteiger partial charge in [-0.15, -0.1) is 0 Å². The van der Waals surface area contributed by atoms with Gasteiger partial charge in [0.25, 0.3) is 5.91 Å². The van der Waals surface area contributed by atoms with Crippen LogP contribution in [0, 0.1) is 5.82 Å². The van der Waals surface area contributed by atoms with Crippen molar-refractivity contribution in [2.45, 2.75) is 6.18 Å². The highest BCUT2D eigenvalue weighted by Gasteiger charge is 2.32. The van der Waals surface area contributed by atoms with Crippen LogP contribution in [0.25, 0.3) is 0 Å². The van der Waals surface area contributed by atoms with Gasteiger partial charge in [-0.2, -0.15) is 13.2 Å². The summed E-state index contributed by atoms with van der Waals surface area (Å²) < 4.78 is 52.4. The van der Waals surface area contributed by atoms with Gasteiger partial charge in [-0.25, -0.2) is 4.39 Å². The summed E-state index contributed by atoms with van der Waals surface area (Å²) in [7, 11) is 2.06. The van der Waals surface area contributed by atoms with Crippen molar-refractivity contribution in [3.05, 3.63) is 59.4 Å². The number of hydrogen-bond donors (Lipinski definition) is 2. The van der Waals surface area contributed by atoms with E-state index in [0.29, 0.717) is 18.8 Å². The largest absolute Gasteiger partial charge is 0.416 e. The second kappa shape index (κ2) is 7.56. The van der Waals surface area contributed by atoms with Crippen molar-refractivity contribution in [2.75, 3.05) is 43.4 Å². The Morgan fingerprint density at radius 3 is 2.30 bits per heavy atom. The number of halogens is 4. The van der Waals surface area contributed by atoms with E-state index in [9.17, 15) is 22.4 Å². The first kappa shape index (κ1) is 19.2. The number of rotatable bonds is 3. The molecule has 0 saturated carbocycles. The lowest BCUT2D eigenvalue weighted by Gasteiger charge is -2.33. The van der Waals surface area contributed by atoms with Crippen LogP contribution in [0.15, 0.2) is 42.5 Å². The molecule has 2 aromatic carbocycles. The maximum Gasteiger partial charge on any atom is 0.416 e. The van der Waals surface area contributed by atoms with Gasteiger partial charge in [-0.3, -0.25) is 4.79 Å². The summed E-state index contributed by atoms with van der Waals surface area (Å²) in [6.45, 7) is 3.06. The van der Waals surface area contributed by atoms with Crippen LogP contribution in [0.2, 0.25) is 0 Å². The average Bonchev–Trinajstić information content (AvgIpc) is 2.62. The van der Waals surface area contributed by atoms with Gasteiger partial charge < -0.3 is 15.1 Å². The number of alkyl halides is 3. The van der Waals surface area contributed by atoms with Crippen LogP contribution in [0.4, 0.5) is 28.9 Å². The molecule has 1 fully saturated rings. The minimum absolute atomic E-state index is 0.0960. The molecule has 0 aliphatic carbocycles. The molecule has 3 rings (SSSR count). The van der Waals surface area contributed by atoms with Crippen molar-refractivity contribution in [2.24, 2.45) is 0 Å². The zero-order valence-electron chi connectivity index (χ0n) is 14.7. The van der Waals surface area contributed by atoms with Gasteiger partial charge in [-0.1, -0.05) is 0 Å². The minimum atomic E-state index is -4.51. The highest BCUT2D eigenvalue weighted by Crippen LogP contribution is 2.35. The number of piperazine rings is 1. The van der Waals surface area contributed by atoms with Gasteiger partial charge in [0.2, 0.25) is 0 Å². The number of quaternary nitrogens is 1. The SMILES string of the molecule is C[NH+]1CCN(c2ccc(C(F)(F)F)cc2NC(=O)c2ccc(F)cc2)CC1. The maximum atomic E-state index is 13.1. The number of nitrogens with zero attached hydrogens (tertiary/aromatic N) is 1. The number of carbonyl (C=O) groups is 1. The third-order valence-electron chi connectivity index (χ3n) is 4.64. The first-order chi connectivity index (χ1) is 12.7. The highest BCUT2D eigenvalue weighted by molar-refractivity contribution is 6.06. The lowest BCUT2D eigenvalue weighted by Crippen LogP contribution is -3.12. The molecule has 1 aliphatic heterocycles. The van der Waals surface area contributed by atoms with Crippen molar-refractivity contribution in [3.63, 3.8) is 0 Å². The van der Waals surface area contributed by atoms with E-state index >= 15 is 0 Å². The summed E-state index contributed by atoms with van der Waals surface area (Å²) >= 11 is 0. The second-order valence-electron chi connectivity index (χ2n) is 6.63. The van der Waals surface area contributed by atoms with Crippen LogP contribution in [-0.2, 0) is 6.18 Å². The second-order valence-corrected chi connectivity index (χ2v) is 6.63. The van der Waals surface area contributed by atoms with Crippen LogP contribution in [-0.4, -0.2) is 39.1 Å². The first-order valence-corrected chi connectivity index (χ1v) is 8.58. The standard InChI is InChI=1S/C19H19F4N3O/c1-25-8-10-26(11-9-25)17-7-4-14(19(21,22)23)12-16(17)24-18(27)13-2-5-15(20)6-3-13/h2-7,12H,8-11H2,1H3,(H,24,27)/p+1. The van der Waals surface area contributed by atoms with Crippen molar-refractivity contribution in [1.29, 1.82) is 0 Å².